The Hall–Kier alpha value is -3.68. The molecule has 0 bridgehead atoms. The van der Waals surface area contributed by atoms with Crippen molar-refractivity contribution in [2.75, 3.05) is 23.3 Å². The SMILES string of the molecule is Cn1ncc(C#N)c1NC(=O)Cc1ccc(OC(F)F)c2nc(N3CCCCC3)oc12. The summed E-state index contributed by atoms with van der Waals surface area (Å²) in [5, 5.41) is 15.8. The minimum absolute atomic E-state index is 0.112. The predicted octanol–water partition coefficient (Wildman–Crippen LogP) is 3.21. The van der Waals surface area contributed by atoms with E-state index in [1.54, 1.807) is 7.05 Å². The molecule has 1 aliphatic heterocycles. The number of benzene rings is 1. The van der Waals surface area contributed by atoms with Crippen LogP contribution < -0.4 is 15.0 Å². The number of anilines is 2. The van der Waals surface area contributed by atoms with Gasteiger partial charge >= 0.3 is 6.61 Å². The van der Waals surface area contributed by atoms with E-state index >= 15 is 0 Å². The Balaban J connectivity index is 1.65. The zero-order valence-corrected chi connectivity index (χ0v) is 16.8. The first-order valence-corrected chi connectivity index (χ1v) is 9.80. The largest absolute Gasteiger partial charge is 0.432 e. The highest BCUT2D eigenvalue weighted by Crippen LogP contribution is 2.34. The summed E-state index contributed by atoms with van der Waals surface area (Å²) in [6, 6.07) is 5.13. The van der Waals surface area contributed by atoms with Crippen molar-refractivity contribution in [3.63, 3.8) is 0 Å². The summed E-state index contributed by atoms with van der Waals surface area (Å²) in [7, 11) is 1.60. The van der Waals surface area contributed by atoms with Crippen molar-refractivity contribution in [2.45, 2.75) is 32.3 Å². The maximum Gasteiger partial charge on any atom is 0.387 e. The van der Waals surface area contributed by atoms with Crippen LogP contribution in [-0.2, 0) is 18.3 Å². The maximum absolute atomic E-state index is 12.9. The van der Waals surface area contributed by atoms with Gasteiger partial charge in [-0.3, -0.25) is 9.48 Å². The molecule has 31 heavy (non-hydrogen) atoms. The van der Waals surface area contributed by atoms with Crippen molar-refractivity contribution < 1.29 is 22.7 Å². The number of nitriles is 1. The minimum Gasteiger partial charge on any atom is -0.432 e. The summed E-state index contributed by atoms with van der Waals surface area (Å²) in [5.74, 6) is -0.257. The molecule has 1 aliphatic rings. The lowest BCUT2D eigenvalue weighted by Crippen LogP contribution is -2.29. The highest BCUT2D eigenvalue weighted by Gasteiger charge is 2.23. The zero-order chi connectivity index (χ0) is 22.0. The number of nitrogens with one attached hydrogen (secondary N) is 1. The number of ether oxygens (including phenoxy) is 1. The highest BCUT2D eigenvalue weighted by atomic mass is 19.3. The first-order valence-electron chi connectivity index (χ1n) is 9.80. The molecule has 0 atom stereocenters. The quantitative estimate of drug-likeness (QED) is 0.640. The Morgan fingerprint density at radius 3 is 2.84 bits per heavy atom. The van der Waals surface area contributed by atoms with Crippen LogP contribution in [0.25, 0.3) is 11.1 Å². The van der Waals surface area contributed by atoms with Gasteiger partial charge in [-0.25, -0.2) is 0 Å². The van der Waals surface area contributed by atoms with Crippen LogP contribution in [0.3, 0.4) is 0 Å². The Morgan fingerprint density at radius 2 is 2.13 bits per heavy atom. The molecule has 3 heterocycles. The van der Waals surface area contributed by atoms with E-state index in [1.165, 1.54) is 23.0 Å². The Morgan fingerprint density at radius 1 is 1.35 bits per heavy atom. The third kappa shape index (κ3) is 4.28. The molecule has 0 radical (unpaired) electrons. The molecule has 0 saturated carbocycles. The number of fused-ring (bicyclic) bond motifs is 1. The van der Waals surface area contributed by atoms with Crippen molar-refractivity contribution in [1.82, 2.24) is 14.8 Å². The average Bonchev–Trinajstić information content (AvgIpc) is 3.35. The second-order valence-corrected chi connectivity index (χ2v) is 7.19. The topological polar surface area (TPSA) is 109 Å². The van der Waals surface area contributed by atoms with Crippen LogP contribution in [0.15, 0.2) is 22.7 Å². The third-order valence-corrected chi connectivity index (χ3v) is 5.09. The van der Waals surface area contributed by atoms with Crippen molar-refractivity contribution in [1.29, 1.82) is 5.26 Å². The first kappa shape index (κ1) is 20.6. The zero-order valence-electron chi connectivity index (χ0n) is 16.8. The van der Waals surface area contributed by atoms with Crippen molar-refractivity contribution in [3.8, 4) is 11.8 Å². The maximum atomic E-state index is 12.9. The fourth-order valence-electron chi connectivity index (χ4n) is 3.59. The number of alkyl halides is 2. The minimum atomic E-state index is -3.01. The van der Waals surface area contributed by atoms with E-state index in [2.05, 4.69) is 20.1 Å². The smallest absolute Gasteiger partial charge is 0.387 e. The molecule has 9 nitrogen and oxygen atoms in total. The molecule has 11 heteroatoms. The standard InChI is InChI=1S/C20H20F2N6O3/c1-27-18(13(10-23)11-24-27)25-15(29)9-12-5-6-14(30-19(21)22)16-17(12)31-20(26-16)28-7-3-2-4-8-28/h5-6,11,19H,2-4,7-9H2,1H3,(H,25,29). The molecule has 1 fully saturated rings. The molecule has 1 saturated heterocycles. The van der Waals surface area contributed by atoms with Crippen LogP contribution >= 0.6 is 0 Å². The normalized spacial score (nSPS) is 14.1. The van der Waals surface area contributed by atoms with Crippen LogP contribution in [0.2, 0.25) is 0 Å². The fourth-order valence-corrected chi connectivity index (χ4v) is 3.59. The molecule has 1 aromatic carbocycles. The van der Waals surface area contributed by atoms with Gasteiger partial charge in [0.05, 0.1) is 12.6 Å². The fraction of sp³-hybridized carbons (Fsp3) is 0.400. The Bertz CT molecular complexity index is 1140. The molecular weight excluding hydrogens is 410 g/mol. The van der Waals surface area contributed by atoms with Crippen molar-refractivity contribution >= 4 is 28.8 Å². The number of nitrogens with zero attached hydrogens (tertiary/aromatic N) is 5. The number of aromatic nitrogens is 3. The van der Waals surface area contributed by atoms with Gasteiger partial charge in [-0.15, -0.1) is 0 Å². The lowest BCUT2D eigenvalue weighted by molar-refractivity contribution is -0.115. The molecular formula is C20H20F2N6O3. The van der Waals surface area contributed by atoms with Gasteiger partial charge in [0.1, 0.15) is 17.5 Å². The van der Waals surface area contributed by atoms with Crippen LogP contribution in [0.5, 0.6) is 5.75 Å². The number of halogens is 2. The van der Waals surface area contributed by atoms with Crippen molar-refractivity contribution in [2.24, 2.45) is 7.05 Å². The van der Waals surface area contributed by atoms with Gasteiger partial charge in [0, 0.05) is 25.7 Å². The second kappa shape index (κ2) is 8.59. The summed E-state index contributed by atoms with van der Waals surface area (Å²) in [5.41, 5.74) is 1.06. The van der Waals surface area contributed by atoms with Gasteiger partial charge in [-0.05, 0) is 25.3 Å². The molecule has 0 aliphatic carbocycles. The van der Waals surface area contributed by atoms with Gasteiger partial charge < -0.3 is 19.4 Å². The van der Waals surface area contributed by atoms with E-state index in [-0.39, 0.29) is 34.7 Å². The number of hydrogen-bond donors (Lipinski definition) is 1. The monoisotopic (exact) mass is 430 g/mol. The van der Waals surface area contributed by atoms with Crippen LogP contribution in [-0.4, -0.2) is 40.4 Å². The van der Waals surface area contributed by atoms with Gasteiger partial charge in [0.15, 0.2) is 16.8 Å². The molecule has 0 unspecified atom stereocenters. The van der Waals surface area contributed by atoms with Gasteiger partial charge in [0.2, 0.25) is 5.91 Å². The number of carbonyl (C=O) groups excluding carboxylic acids is 1. The average molecular weight is 430 g/mol. The van der Waals surface area contributed by atoms with E-state index in [4.69, 9.17) is 9.68 Å². The Kier molecular flexibility index (Phi) is 5.70. The van der Waals surface area contributed by atoms with Gasteiger partial charge in [-0.1, -0.05) is 6.07 Å². The highest BCUT2D eigenvalue weighted by molar-refractivity contribution is 5.95. The lowest BCUT2D eigenvalue weighted by Gasteiger charge is -2.24. The van der Waals surface area contributed by atoms with Crippen LogP contribution in [0.1, 0.15) is 30.4 Å². The molecule has 162 valence electrons. The first-order chi connectivity index (χ1) is 15.0. The van der Waals surface area contributed by atoms with E-state index in [0.29, 0.717) is 11.6 Å². The summed E-state index contributed by atoms with van der Waals surface area (Å²) in [4.78, 5) is 19.0. The van der Waals surface area contributed by atoms with E-state index in [0.717, 1.165) is 32.4 Å². The molecule has 0 spiro atoms. The summed E-state index contributed by atoms with van der Waals surface area (Å²) < 4.78 is 37.6. The molecule has 1 N–H and O–H groups in total. The number of rotatable bonds is 6. The van der Waals surface area contributed by atoms with Crippen molar-refractivity contribution in [3.05, 3.63) is 29.5 Å². The summed E-state index contributed by atoms with van der Waals surface area (Å²) in [6.07, 6.45) is 4.32. The number of hydrogen-bond acceptors (Lipinski definition) is 7. The number of aryl methyl sites for hydroxylation is 1. The van der Waals surface area contributed by atoms with Gasteiger partial charge in [-0.2, -0.15) is 24.1 Å². The lowest BCUT2D eigenvalue weighted by atomic mass is 10.1. The molecule has 2 aromatic heterocycles. The summed E-state index contributed by atoms with van der Waals surface area (Å²) >= 11 is 0. The molecule has 1 amide bonds. The van der Waals surface area contributed by atoms with Crippen LogP contribution in [0.4, 0.5) is 20.6 Å². The van der Waals surface area contributed by atoms with E-state index in [9.17, 15) is 13.6 Å². The summed E-state index contributed by atoms with van der Waals surface area (Å²) in [6.45, 7) is -1.50. The molecule has 3 aromatic rings. The van der Waals surface area contributed by atoms with Gasteiger partial charge in [0.25, 0.3) is 6.01 Å². The third-order valence-electron chi connectivity index (χ3n) is 5.09. The second-order valence-electron chi connectivity index (χ2n) is 7.19. The van der Waals surface area contributed by atoms with E-state index in [1.807, 2.05) is 11.0 Å². The number of amides is 1. The number of oxazole rings is 1. The van der Waals surface area contributed by atoms with Crippen LogP contribution in [0, 0.1) is 11.3 Å². The Labute approximate surface area is 176 Å². The van der Waals surface area contributed by atoms with E-state index < -0.39 is 12.5 Å². The molecule has 4 rings (SSSR count). The predicted molar refractivity (Wildman–Crippen MR) is 107 cm³/mol. The number of piperidine rings is 1. The number of carbonyl (C=O) groups is 1.